The summed E-state index contributed by atoms with van der Waals surface area (Å²) in [4.78, 5) is 25.1. The van der Waals surface area contributed by atoms with E-state index in [1.165, 1.54) is 6.92 Å². The van der Waals surface area contributed by atoms with Gasteiger partial charge in [-0.05, 0) is 30.5 Å². The fourth-order valence-corrected chi connectivity index (χ4v) is 2.72. The predicted molar refractivity (Wildman–Crippen MR) is 96.5 cm³/mol. The van der Waals surface area contributed by atoms with Crippen LogP contribution in [0.5, 0.6) is 0 Å². The SMILES string of the molecule is COCCCN(CCC(=O)NCCc1ccc(Cl)cc1Cl)C(C)=O. The molecule has 0 aliphatic carbocycles. The van der Waals surface area contributed by atoms with Crippen LogP contribution >= 0.6 is 23.2 Å². The van der Waals surface area contributed by atoms with E-state index in [9.17, 15) is 9.59 Å². The molecule has 7 heteroatoms. The van der Waals surface area contributed by atoms with Crippen molar-refractivity contribution in [1.29, 1.82) is 0 Å². The third-order valence-corrected chi connectivity index (χ3v) is 4.15. The first-order chi connectivity index (χ1) is 11.4. The van der Waals surface area contributed by atoms with Crippen molar-refractivity contribution in [3.05, 3.63) is 33.8 Å². The highest BCUT2D eigenvalue weighted by Crippen LogP contribution is 2.21. The van der Waals surface area contributed by atoms with Crippen LogP contribution < -0.4 is 5.32 Å². The lowest BCUT2D eigenvalue weighted by molar-refractivity contribution is -0.129. The largest absolute Gasteiger partial charge is 0.385 e. The van der Waals surface area contributed by atoms with Gasteiger partial charge in [-0.25, -0.2) is 0 Å². The van der Waals surface area contributed by atoms with E-state index in [1.807, 2.05) is 6.07 Å². The Morgan fingerprint density at radius 2 is 2.00 bits per heavy atom. The maximum Gasteiger partial charge on any atom is 0.221 e. The van der Waals surface area contributed by atoms with Crippen molar-refractivity contribution in [1.82, 2.24) is 10.2 Å². The lowest BCUT2D eigenvalue weighted by atomic mass is 10.1. The molecule has 1 aromatic carbocycles. The summed E-state index contributed by atoms with van der Waals surface area (Å²) in [5.41, 5.74) is 0.936. The van der Waals surface area contributed by atoms with Gasteiger partial charge in [-0.15, -0.1) is 0 Å². The van der Waals surface area contributed by atoms with E-state index >= 15 is 0 Å². The van der Waals surface area contributed by atoms with Gasteiger partial charge >= 0.3 is 0 Å². The Balaban J connectivity index is 2.30. The van der Waals surface area contributed by atoms with Crippen molar-refractivity contribution in [2.24, 2.45) is 0 Å². The van der Waals surface area contributed by atoms with E-state index in [1.54, 1.807) is 24.1 Å². The highest BCUT2D eigenvalue weighted by Gasteiger charge is 2.11. The topological polar surface area (TPSA) is 58.6 Å². The number of halogens is 2. The standard InChI is InChI=1S/C17H24Cl2N2O3/c1-13(22)21(9-3-11-24-2)10-7-17(23)20-8-6-14-4-5-15(18)12-16(14)19/h4-5,12H,3,6-11H2,1-2H3,(H,20,23). The number of amides is 2. The zero-order chi connectivity index (χ0) is 17.9. The molecule has 2 amide bonds. The summed E-state index contributed by atoms with van der Waals surface area (Å²) in [6.07, 6.45) is 1.67. The Labute approximate surface area is 153 Å². The smallest absolute Gasteiger partial charge is 0.221 e. The average Bonchev–Trinajstić information content (AvgIpc) is 2.52. The van der Waals surface area contributed by atoms with Crippen LogP contribution in [0.2, 0.25) is 10.0 Å². The van der Waals surface area contributed by atoms with Gasteiger partial charge in [-0.1, -0.05) is 29.3 Å². The van der Waals surface area contributed by atoms with E-state index in [4.69, 9.17) is 27.9 Å². The summed E-state index contributed by atoms with van der Waals surface area (Å²) < 4.78 is 4.97. The molecule has 0 heterocycles. The van der Waals surface area contributed by atoms with Crippen LogP contribution in [0.15, 0.2) is 18.2 Å². The molecule has 0 saturated heterocycles. The molecule has 5 nitrogen and oxygen atoms in total. The molecule has 0 unspecified atom stereocenters. The summed E-state index contributed by atoms with van der Waals surface area (Å²) in [5, 5.41) is 4.02. The molecular weight excluding hydrogens is 351 g/mol. The van der Waals surface area contributed by atoms with Crippen molar-refractivity contribution < 1.29 is 14.3 Å². The monoisotopic (exact) mass is 374 g/mol. The molecule has 0 bridgehead atoms. The number of ether oxygens (including phenoxy) is 1. The molecule has 0 aliphatic heterocycles. The minimum Gasteiger partial charge on any atom is -0.385 e. The Hall–Kier alpha value is -1.30. The van der Waals surface area contributed by atoms with Gasteiger partial charge in [0.15, 0.2) is 0 Å². The number of nitrogens with one attached hydrogen (secondary N) is 1. The number of hydrogen-bond acceptors (Lipinski definition) is 3. The molecule has 0 atom stereocenters. The van der Waals surface area contributed by atoms with Gasteiger partial charge in [0, 0.05) is 56.7 Å². The van der Waals surface area contributed by atoms with Crippen LogP contribution in [-0.2, 0) is 20.7 Å². The Morgan fingerprint density at radius 1 is 1.25 bits per heavy atom. The minimum absolute atomic E-state index is 0.0353. The van der Waals surface area contributed by atoms with E-state index in [0.29, 0.717) is 42.7 Å². The third-order valence-electron chi connectivity index (χ3n) is 3.56. The lowest BCUT2D eigenvalue weighted by Crippen LogP contribution is -2.35. The first kappa shape index (κ1) is 20.7. The number of carbonyl (C=O) groups is 2. The van der Waals surface area contributed by atoms with Crippen LogP contribution in [0.3, 0.4) is 0 Å². The number of hydrogen-bond donors (Lipinski definition) is 1. The fraction of sp³-hybridized carbons (Fsp3) is 0.529. The van der Waals surface area contributed by atoms with Crippen LogP contribution in [0, 0.1) is 0 Å². The molecule has 1 rings (SSSR count). The van der Waals surface area contributed by atoms with Gasteiger partial charge in [0.2, 0.25) is 11.8 Å². The van der Waals surface area contributed by atoms with Gasteiger partial charge < -0.3 is 15.0 Å². The van der Waals surface area contributed by atoms with Crippen molar-refractivity contribution in [3.63, 3.8) is 0 Å². The van der Waals surface area contributed by atoms with Gasteiger partial charge in [-0.3, -0.25) is 9.59 Å². The molecule has 0 spiro atoms. The summed E-state index contributed by atoms with van der Waals surface area (Å²) in [6.45, 7) is 3.60. The molecule has 1 N–H and O–H groups in total. The molecule has 134 valence electrons. The van der Waals surface area contributed by atoms with Crippen LogP contribution in [-0.4, -0.2) is 50.1 Å². The molecule has 1 aromatic rings. The number of benzene rings is 1. The molecule has 24 heavy (non-hydrogen) atoms. The average molecular weight is 375 g/mol. The second kappa shape index (κ2) is 11.3. The van der Waals surface area contributed by atoms with E-state index in [2.05, 4.69) is 5.32 Å². The summed E-state index contributed by atoms with van der Waals surface area (Å²) in [6, 6.07) is 5.31. The van der Waals surface area contributed by atoms with Crippen molar-refractivity contribution in [2.45, 2.75) is 26.2 Å². The molecule has 0 aromatic heterocycles. The van der Waals surface area contributed by atoms with E-state index < -0.39 is 0 Å². The van der Waals surface area contributed by atoms with Crippen molar-refractivity contribution in [3.8, 4) is 0 Å². The zero-order valence-corrected chi connectivity index (χ0v) is 15.6. The highest BCUT2D eigenvalue weighted by atomic mass is 35.5. The second-order valence-corrected chi connectivity index (χ2v) is 6.28. The maximum atomic E-state index is 11.9. The second-order valence-electron chi connectivity index (χ2n) is 5.44. The summed E-state index contributed by atoms with van der Waals surface area (Å²) in [7, 11) is 1.62. The predicted octanol–water partition coefficient (Wildman–Crippen LogP) is 2.93. The quantitative estimate of drug-likeness (QED) is 0.640. The molecule has 0 aliphatic rings. The number of rotatable bonds is 10. The molecule has 0 fully saturated rings. The summed E-state index contributed by atoms with van der Waals surface area (Å²) in [5.74, 6) is -0.120. The number of nitrogens with zero attached hydrogens (tertiary/aromatic N) is 1. The van der Waals surface area contributed by atoms with Crippen molar-refractivity contribution >= 4 is 35.0 Å². The van der Waals surface area contributed by atoms with Gasteiger partial charge in [0.05, 0.1) is 0 Å². The fourth-order valence-electron chi connectivity index (χ4n) is 2.21. The molecule has 0 radical (unpaired) electrons. The summed E-state index contributed by atoms with van der Waals surface area (Å²) >= 11 is 11.9. The van der Waals surface area contributed by atoms with Crippen LogP contribution in [0.1, 0.15) is 25.3 Å². The Morgan fingerprint density at radius 3 is 2.62 bits per heavy atom. The van der Waals surface area contributed by atoms with Gasteiger partial charge in [0.1, 0.15) is 0 Å². The third kappa shape index (κ3) is 7.99. The molecule has 0 saturated carbocycles. The van der Waals surface area contributed by atoms with Crippen molar-refractivity contribution in [2.75, 3.05) is 33.4 Å². The zero-order valence-electron chi connectivity index (χ0n) is 14.1. The number of carbonyl (C=O) groups excluding carboxylic acids is 2. The lowest BCUT2D eigenvalue weighted by Gasteiger charge is -2.20. The van der Waals surface area contributed by atoms with Crippen LogP contribution in [0.4, 0.5) is 0 Å². The first-order valence-corrected chi connectivity index (χ1v) is 8.64. The normalized spacial score (nSPS) is 10.5. The van der Waals surface area contributed by atoms with Gasteiger partial charge in [-0.2, -0.15) is 0 Å². The molecular formula is C17H24Cl2N2O3. The van der Waals surface area contributed by atoms with Gasteiger partial charge in [0.25, 0.3) is 0 Å². The Kier molecular flexibility index (Phi) is 9.76. The Bertz CT molecular complexity index is 553. The maximum absolute atomic E-state index is 11.9. The first-order valence-electron chi connectivity index (χ1n) is 7.89. The van der Waals surface area contributed by atoms with E-state index in [0.717, 1.165) is 12.0 Å². The number of methoxy groups -OCH3 is 1. The minimum atomic E-state index is -0.0851. The highest BCUT2D eigenvalue weighted by molar-refractivity contribution is 6.35. The van der Waals surface area contributed by atoms with Crippen LogP contribution in [0.25, 0.3) is 0 Å². The van der Waals surface area contributed by atoms with E-state index in [-0.39, 0.29) is 18.2 Å².